The average Bonchev–Trinajstić information content (AvgIpc) is 2.75. The van der Waals surface area contributed by atoms with Crippen LogP contribution in [0, 0.1) is 5.92 Å². The molecule has 0 bridgehead atoms. The molecule has 148 valence electrons. The lowest BCUT2D eigenvalue weighted by Gasteiger charge is -2.37. The van der Waals surface area contributed by atoms with E-state index in [1.807, 2.05) is 26.0 Å². The van der Waals surface area contributed by atoms with E-state index < -0.39 is 15.6 Å². The fourth-order valence-electron chi connectivity index (χ4n) is 4.11. The maximum Gasteiger partial charge on any atom is 0.259 e. The van der Waals surface area contributed by atoms with E-state index in [1.165, 1.54) is 10.6 Å². The van der Waals surface area contributed by atoms with E-state index in [-0.39, 0.29) is 11.8 Å². The summed E-state index contributed by atoms with van der Waals surface area (Å²) in [6.07, 6.45) is 5.44. The molecule has 28 heavy (non-hydrogen) atoms. The van der Waals surface area contributed by atoms with Crippen LogP contribution < -0.4 is 4.90 Å². The van der Waals surface area contributed by atoms with Crippen molar-refractivity contribution in [2.45, 2.75) is 25.8 Å². The van der Waals surface area contributed by atoms with E-state index in [2.05, 4.69) is 4.98 Å². The van der Waals surface area contributed by atoms with E-state index in [0.29, 0.717) is 23.7 Å². The van der Waals surface area contributed by atoms with Crippen LogP contribution in [0.5, 0.6) is 0 Å². The Hall–Kier alpha value is -1.96. The van der Waals surface area contributed by atoms with Crippen molar-refractivity contribution in [1.82, 2.24) is 9.29 Å². The summed E-state index contributed by atoms with van der Waals surface area (Å²) in [6.45, 7) is 5.05. The van der Waals surface area contributed by atoms with Crippen molar-refractivity contribution < 1.29 is 13.2 Å². The number of amides is 1. The zero-order valence-corrected chi connectivity index (χ0v) is 17.6. The van der Waals surface area contributed by atoms with Crippen LogP contribution in [0.15, 0.2) is 36.7 Å². The molecule has 0 atom stereocenters. The lowest BCUT2D eigenvalue weighted by atomic mass is 9.93. The molecular weight excluding hydrogens is 398 g/mol. The molecule has 2 aliphatic heterocycles. The summed E-state index contributed by atoms with van der Waals surface area (Å²) >= 11 is 6.15. The molecule has 0 spiro atoms. The summed E-state index contributed by atoms with van der Waals surface area (Å²) in [5.41, 5.74) is 2.74. The van der Waals surface area contributed by atoms with E-state index in [9.17, 15) is 13.2 Å². The standard InChI is InChI=1S/C20H22ClN3O3S/c1-20(2)18-8-15(21)4-5-17(18)19(25)24(20)16-7-13(9-22-10-16)6-14-11-23(12-14)28(3,26)27/h4-5,7-10,14H,6,11-12H2,1-3H3. The van der Waals surface area contributed by atoms with Gasteiger partial charge >= 0.3 is 0 Å². The summed E-state index contributed by atoms with van der Waals surface area (Å²) in [5.74, 6) is 0.201. The second-order valence-electron chi connectivity index (χ2n) is 8.09. The minimum atomic E-state index is -3.12. The monoisotopic (exact) mass is 419 g/mol. The molecule has 0 radical (unpaired) electrons. The number of fused-ring (bicyclic) bond motifs is 1. The van der Waals surface area contributed by atoms with Crippen molar-refractivity contribution in [1.29, 1.82) is 0 Å². The van der Waals surface area contributed by atoms with Crippen LogP contribution in [0.3, 0.4) is 0 Å². The number of halogens is 1. The number of hydrogen-bond donors (Lipinski definition) is 0. The first-order valence-corrected chi connectivity index (χ1v) is 11.3. The predicted molar refractivity (Wildman–Crippen MR) is 109 cm³/mol. The molecule has 0 N–H and O–H groups in total. The molecule has 8 heteroatoms. The van der Waals surface area contributed by atoms with Crippen molar-refractivity contribution >= 4 is 33.2 Å². The van der Waals surface area contributed by atoms with E-state index in [4.69, 9.17) is 11.6 Å². The van der Waals surface area contributed by atoms with Gasteiger partial charge in [0, 0.05) is 29.9 Å². The molecular formula is C20H22ClN3O3S. The largest absolute Gasteiger partial charge is 0.297 e. The number of aromatic nitrogens is 1. The van der Waals surface area contributed by atoms with Gasteiger partial charge in [0.1, 0.15) is 0 Å². The summed E-state index contributed by atoms with van der Waals surface area (Å²) in [5, 5.41) is 0.605. The highest BCUT2D eigenvalue weighted by Gasteiger charge is 2.44. The van der Waals surface area contributed by atoms with Gasteiger partial charge in [-0.2, -0.15) is 0 Å². The smallest absolute Gasteiger partial charge is 0.259 e. The maximum absolute atomic E-state index is 13.1. The van der Waals surface area contributed by atoms with Crippen LogP contribution in [0.2, 0.25) is 5.02 Å². The molecule has 1 aromatic carbocycles. The van der Waals surface area contributed by atoms with Gasteiger partial charge in [0.25, 0.3) is 5.91 Å². The first kappa shape index (κ1) is 19.4. The first-order chi connectivity index (χ1) is 13.1. The minimum Gasteiger partial charge on any atom is -0.297 e. The average molecular weight is 420 g/mol. The quantitative estimate of drug-likeness (QED) is 0.763. The Labute approximate surface area is 170 Å². The number of hydrogen-bond acceptors (Lipinski definition) is 4. The Balaban J connectivity index is 1.58. The lowest BCUT2D eigenvalue weighted by Crippen LogP contribution is -2.50. The van der Waals surface area contributed by atoms with Gasteiger partial charge in [-0.3, -0.25) is 14.7 Å². The number of anilines is 1. The second kappa shape index (κ2) is 6.54. The number of nitrogens with zero attached hydrogens (tertiary/aromatic N) is 3. The van der Waals surface area contributed by atoms with Crippen LogP contribution in [0.1, 0.15) is 35.3 Å². The van der Waals surface area contributed by atoms with Crippen molar-refractivity contribution in [2.75, 3.05) is 24.2 Å². The summed E-state index contributed by atoms with van der Waals surface area (Å²) in [7, 11) is -3.12. The van der Waals surface area contributed by atoms with Crippen molar-refractivity contribution in [3.8, 4) is 0 Å². The molecule has 1 saturated heterocycles. The third-order valence-corrected chi connectivity index (χ3v) is 7.06. The number of sulfonamides is 1. The third kappa shape index (κ3) is 3.21. The number of benzene rings is 1. The van der Waals surface area contributed by atoms with Crippen LogP contribution in [0.25, 0.3) is 0 Å². The van der Waals surface area contributed by atoms with Crippen molar-refractivity contribution in [2.24, 2.45) is 5.92 Å². The van der Waals surface area contributed by atoms with Crippen LogP contribution in [-0.4, -0.2) is 43.0 Å². The molecule has 0 unspecified atom stereocenters. The van der Waals surface area contributed by atoms with Crippen molar-refractivity contribution in [3.05, 3.63) is 58.4 Å². The molecule has 1 amide bonds. The molecule has 0 aliphatic carbocycles. The van der Waals surface area contributed by atoms with E-state index in [1.54, 1.807) is 29.4 Å². The fourth-order valence-corrected chi connectivity index (χ4v) is 5.24. The van der Waals surface area contributed by atoms with Crippen molar-refractivity contribution in [3.63, 3.8) is 0 Å². The van der Waals surface area contributed by atoms with Gasteiger partial charge in [-0.15, -0.1) is 0 Å². The minimum absolute atomic E-state index is 0.0671. The second-order valence-corrected chi connectivity index (χ2v) is 10.5. The summed E-state index contributed by atoms with van der Waals surface area (Å²) in [4.78, 5) is 19.2. The molecule has 4 rings (SSSR count). The summed E-state index contributed by atoms with van der Waals surface area (Å²) in [6, 6.07) is 7.33. The molecule has 1 fully saturated rings. The predicted octanol–water partition coefficient (Wildman–Crippen LogP) is 3.06. The number of rotatable bonds is 4. The Kier molecular flexibility index (Phi) is 4.52. The number of carbonyl (C=O) groups is 1. The Morgan fingerprint density at radius 3 is 2.61 bits per heavy atom. The maximum atomic E-state index is 13.1. The normalized spacial score (nSPS) is 19.6. The van der Waals surface area contributed by atoms with Gasteiger partial charge in [0.2, 0.25) is 10.0 Å². The first-order valence-electron chi connectivity index (χ1n) is 9.11. The van der Waals surface area contributed by atoms with Gasteiger partial charge in [0.15, 0.2) is 0 Å². The Bertz CT molecular complexity index is 1060. The zero-order chi connectivity index (χ0) is 20.3. The van der Waals surface area contributed by atoms with Gasteiger partial charge < -0.3 is 0 Å². The van der Waals surface area contributed by atoms with Crippen LogP contribution >= 0.6 is 11.6 Å². The highest BCUT2D eigenvalue weighted by atomic mass is 35.5. The molecule has 2 aliphatic rings. The van der Waals surface area contributed by atoms with E-state index in [0.717, 1.165) is 23.2 Å². The molecule has 0 saturated carbocycles. The topological polar surface area (TPSA) is 70.6 Å². The number of carbonyl (C=O) groups excluding carboxylic acids is 1. The Morgan fingerprint density at radius 1 is 1.21 bits per heavy atom. The molecule has 1 aromatic heterocycles. The third-order valence-electron chi connectivity index (χ3n) is 5.59. The van der Waals surface area contributed by atoms with Gasteiger partial charge in [-0.05, 0) is 61.6 Å². The van der Waals surface area contributed by atoms with Gasteiger partial charge in [0.05, 0.1) is 23.7 Å². The Morgan fingerprint density at radius 2 is 1.93 bits per heavy atom. The SMILES string of the molecule is CC1(C)c2cc(Cl)ccc2C(=O)N1c1cncc(CC2CN(S(C)(=O)=O)C2)c1. The highest BCUT2D eigenvalue weighted by Crippen LogP contribution is 2.42. The number of pyridine rings is 1. The fraction of sp³-hybridized carbons (Fsp3) is 0.400. The molecule has 2 aromatic rings. The van der Waals surface area contributed by atoms with Gasteiger partial charge in [-0.1, -0.05) is 11.6 Å². The zero-order valence-electron chi connectivity index (χ0n) is 16.0. The molecule has 6 nitrogen and oxygen atoms in total. The van der Waals surface area contributed by atoms with Crippen LogP contribution in [0.4, 0.5) is 5.69 Å². The summed E-state index contributed by atoms with van der Waals surface area (Å²) < 4.78 is 24.6. The highest BCUT2D eigenvalue weighted by molar-refractivity contribution is 7.88. The molecule has 3 heterocycles. The van der Waals surface area contributed by atoms with Gasteiger partial charge in [-0.25, -0.2) is 12.7 Å². The van der Waals surface area contributed by atoms with E-state index >= 15 is 0 Å². The lowest BCUT2D eigenvalue weighted by molar-refractivity contribution is 0.0982. The van der Waals surface area contributed by atoms with Crippen LogP contribution in [-0.2, 0) is 22.0 Å².